The quantitative estimate of drug-likeness (QED) is 0.579. The zero-order chi connectivity index (χ0) is 13.5. The van der Waals surface area contributed by atoms with Crippen molar-refractivity contribution in [2.24, 2.45) is 0 Å². The van der Waals surface area contributed by atoms with Gasteiger partial charge in [0.15, 0.2) is 0 Å². The van der Waals surface area contributed by atoms with Gasteiger partial charge in [-0.3, -0.25) is 0 Å². The molecule has 0 heterocycles. The summed E-state index contributed by atoms with van der Waals surface area (Å²) in [6, 6.07) is 16.2. The fourth-order valence-electron chi connectivity index (χ4n) is 1.86. The van der Waals surface area contributed by atoms with Gasteiger partial charge in [-0.25, -0.2) is 0 Å². The Kier molecular flexibility index (Phi) is 7.38. The SMILES string of the molecule is C=CCc1ccc(Oc2ccc(CC=C)cc2)cc1.[H-].[Na+]. The second-order valence-electron chi connectivity index (χ2n) is 4.38. The van der Waals surface area contributed by atoms with Crippen LogP contribution in [-0.2, 0) is 12.8 Å². The van der Waals surface area contributed by atoms with Crippen LogP contribution in [0.1, 0.15) is 12.6 Å². The third-order valence-corrected chi connectivity index (χ3v) is 2.84. The molecule has 0 aliphatic heterocycles. The Bertz CT molecular complexity index is 495. The van der Waals surface area contributed by atoms with E-state index in [9.17, 15) is 0 Å². The van der Waals surface area contributed by atoms with Crippen LogP contribution in [0.4, 0.5) is 0 Å². The van der Waals surface area contributed by atoms with Crippen molar-refractivity contribution < 1.29 is 35.7 Å². The van der Waals surface area contributed by atoms with E-state index < -0.39 is 0 Å². The summed E-state index contributed by atoms with van der Waals surface area (Å²) in [4.78, 5) is 0. The minimum absolute atomic E-state index is 0. The van der Waals surface area contributed by atoms with E-state index in [0.717, 1.165) is 24.3 Å². The van der Waals surface area contributed by atoms with Crippen LogP contribution in [0.5, 0.6) is 11.5 Å². The largest absolute Gasteiger partial charge is 1.00 e. The number of hydrogen-bond donors (Lipinski definition) is 0. The first-order valence-electron chi connectivity index (χ1n) is 6.39. The smallest absolute Gasteiger partial charge is 1.00 e. The molecule has 0 aliphatic carbocycles. The first kappa shape index (κ1) is 16.8. The molecule has 20 heavy (non-hydrogen) atoms. The van der Waals surface area contributed by atoms with Crippen molar-refractivity contribution in [3.05, 3.63) is 85.0 Å². The van der Waals surface area contributed by atoms with Gasteiger partial charge in [0.05, 0.1) is 0 Å². The molecule has 0 aliphatic rings. The van der Waals surface area contributed by atoms with Crippen molar-refractivity contribution >= 4 is 0 Å². The molecule has 98 valence electrons. The van der Waals surface area contributed by atoms with E-state index in [1.54, 1.807) is 0 Å². The van der Waals surface area contributed by atoms with Crippen molar-refractivity contribution in [2.45, 2.75) is 12.8 Å². The van der Waals surface area contributed by atoms with Crippen LogP contribution in [0, 0.1) is 0 Å². The standard InChI is InChI=1S/C18H18O.Na.H/c1-3-5-15-7-11-17(12-8-15)19-18-13-9-16(6-4-2)10-14-18;;/h3-4,7-14H,1-2,5-6H2;;/q;+1;-1. The maximum atomic E-state index is 5.79. The number of benzene rings is 2. The monoisotopic (exact) mass is 274 g/mol. The molecule has 0 fully saturated rings. The van der Waals surface area contributed by atoms with E-state index in [2.05, 4.69) is 37.4 Å². The van der Waals surface area contributed by atoms with Crippen LogP contribution in [0.25, 0.3) is 0 Å². The summed E-state index contributed by atoms with van der Waals surface area (Å²) in [7, 11) is 0. The van der Waals surface area contributed by atoms with Gasteiger partial charge < -0.3 is 6.16 Å². The van der Waals surface area contributed by atoms with E-state index >= 15 is 0 Å². The number of ether oxygens (including phenoxy) is 1. The van der Waals surface area contributed by atoms with Gasteiger partial charge in [-0.15, -0.1) is 13.2 Å². The first-order chi connectivity index (χ1) is 9.31. The molecular weight excluding hydrogens is 255 g/mol. The Balaban J connectivity index is 0.00000200. The zero-order valence-electron chi connectivity index (χ0n) is 13.0. The molecule has 0 spiro atoms. The summed E-state index contributed by atoms with van der Waals surface area (Å²) >= 11 is 0. The van der Waals surface area contributed by atoms with Crippen LogP contribution in [0.3, 0.4) is 0 Å². The number of allylic oxidation sites excluding steroid dienone is 2. The van der Waals surface area contributed by atoms with Crippen molar-refractivity contribution in [2.75, 3.05) is 0 Å². The van der Waals surface area contributed by atoms with Gasteiger partial charge in [0, 0.05) is 0 Å². The van der Waals surface area contributed by atoms with Gasteiger partial charge in [-0.05, 0) is 48.2 Å². The van der Waals surface area contributed by atoms with Crippen LogP contribution >= 0.6 is 0 Å². The molecule has 0 atom stereocenters. The van der Waals surface area contributed by atoms with Gasteiger partial charge in [0.1, 0.15) is 11.5 Å². The molecule has 0 radical (unpaired) electrons. The molecule has 0 unspecified atom stereocenters. The summed E-state index contributed by atoms with van der Waals surface area (Å²) < 4.78 is 5.79. The molecule has 2 heteroatoms. The first-order valence-corrected chi connectivity index (χ1v) is 6.39. The molecule has 0 amide bonds. The van der Waals surface area contributed by atoms with E-state index in [-0.39, 0.29) is 31.0 Å². The summed E-state index contributed by atoms with van der Waals surface area (Å²) in [5.74, 6) is 1.70. The molecule has 0 N–H and O–H groups in total. The molecular formula is C18H19NaO. The third kappa shape index (κ3) is 5.01. The van der Waals surface area contributed by atoms with Gasteiger partial charge in [0.2, 0.25) is 0 Å². The minimum Gasteiger partial charge on any atom is -1.00 e. The maximum Gasteiger partial charge on any atom is 1.00 e. The summed E-state index contributed by atoms with van der Waals surface area (Å²) in [5.41, 5.74) is 2.48. The molecule has 2 aromatic rings. The summed E-state index contributed by atoms with van der Waals surface area (Å²) in [5, 5.41) is 0. The average molecular weight is 274 g/mol. The Labute approximate surface area is 144 Å². The number of rotatable bonds is 6. The zero-order valence-corrected chi connectivity index (χ0v) is 14.0. The predicted molar refractivity (Wildman–Crippen MR) is 81.9 cm³/mol. The van der Waals surface area contributed by atoms with Crippen LogP contribution in [0.2, 0.25) is 0 Å². The van der Waals surface area contributed by atoms with Crippen molar-refractivity contribution in [3.63, 3.8) is 0 Å². The minimum atomic E-state index is 0. The predicted octanol–water partition coefficient (Wildman–Crippen LogP) is 2.05. The van der Waals surface area contributed by atoms with Gasteiger partial charge >= 0.3 is 29.6 Å². The molecule has 0 aromatic heterocycles. The fraction of sp³-hybridized carbons (Fsp3) is 0.111. The fourth-order valence-corrected chi connectivity index (χ4v) is 1.86. The topological polar surface area (TPSA) is 9.23 Å². The van der Waals surface area contributed by atoms with E-state index in [0.29, 0.717) is 0 Å². The Morgan fingerprint density at radius 2 is 1.10 bits per heavy atom. The Hall–Kier alpha value is -1.28. The second kappa shape index (κ2) is 8.80. The van der Waals surface area contributed by atoms with Gasteiger partial charge in [0.25, 0.3) is 0 Å². The van der Waals surface area contributed by atoms with Crippen LogP contribution in [0.15, 0.2) is 73.8 Å². The number of hydrogen-bond acceptors (Lipinski definition) is 1. The molecule has 1 nitrogen and oxygen atoms in total. The van der Waals surface area contributed by atoms with Crippen molar-refractivity contribution in [1.82, 2.24) is 0 Å². The molecule has 0 saturated heterocycles. The average Bonchev–Trinajstić information content (AvgIpc) is 2.44. The molecule has 0 bridgehead atoms. The van der Waals surface area contributed by atoms with Gasteiger partial charge in [-0.2, -0.15) is 0 Å². The van der Waals surface area contributed by atoms with E-state index in [1.807, 2.05) is 36.4 Å². The summed E-state index contributed by atoms with van der Waals surface area (Å²) in [6.07, 6.45) is 5.56. The maximum absolute atomic E-state index is 5.79. The molecule has 0 saturated carbocycles. The van der Waals surface area contributed by atoms with Crippen molar-refractivity contribution in [1.29, 1.82) is 0 Å². The van der Waals surface area contributed by atoms with E-state index in [1.165, 1.54) is 11.1 Å². The normalized spacial score (nSPS) is 9.40. The van der Waals surface area contributed by atoms with Crippen LogP contribution < -0.4 is 34.3 Å². The van der Waals surface area contributed by atoms with E-state index in [4.69, 9.17) is 4.74 Å². The third-order valence-electron chi connectivity index (χ3n) is 2.84. The summed E-state index contributed by atoms with van der Waals surface area (Å²) in [6.45, 7) is 7.46. The Morgan fingerprint density at radius 3 is 1.40 bits per heavy atom. The second-order valence-corrected chi connectivity index (χ2v) is 4.38. The Morgan fingerprint density at radius 1 is 0.750 bits per heavy atom. The van der Waals surface area contributed by atoms with Crippen LogP contribution in [-0.4, -0.2) is 0 Å². The molecule has 2 aromatic carbocycles. The van der Waals surface area contributed by atoms with Gasteiger partial charge in [-0.1, -0.05) is 36.4 Å². The molecule has 2 rings (SSSR count). The van der Waals surface area contributed by atoms with Crippen molar-refractivity contribution in [3.8, 4) is 11.5 Å².